The molecule has 0 saturated heterocycles. The third-order valence-corrected chi connectivity index (χ3v) is 3.74. The van der Waals surface area contributed by atoms with E-state index in [2.05, 4.69) is 10.3 Å². The van der Waals surface area contributed by atoms with Crippen LogP contribution in [0.25, 0.3) is 0 Å². The van der Waals surface area contributed by atoms with Gasteiger partial charge in [-0.2, -0.15) is 0 Å². The predicted molar refractivity (Wildman–Crippen MR) is 82.9 cm³/mol. The first-order valence-electron chi connectivity index (χ1n) is 6.49. The summed E-state index contributed by atoms with van der Waals surface area (Å²) < 4.78 is 5.22. The third-order valence-electron chi connectivity index (χ3n) is 2.85. The number of cyclic esters (lactones) is 1. The molecule has 0 atom stereocenters. The number of carbonyl (C=O) groups is 2. The molecule has 0 radical (unpaired) electrons. The van der Waals surface area contributed by atoms with Crippen LogP contribution in [0, 0.1) is 0 Å². The number of nitrogens with zero attached hydrogens (tertiary/aromatic N) is 1. The Labute approximate surface area is 127 Å². The molecule has 1 aromatic rings. The second-order valence-corrected chi connectivity index (χ2v) is 5.28. The fourth-order valence-electron chi connectivity index (χ4n) is 1.86. The van der Waals surface area contributed by atoms with Gasteiger partial charge in [-0.1, -0.05) is 18.2 Å². The first kappa shape index (κ1) is 15.3. The van der Waals surface area contributed by atoms with E-state index < -0.39 is 5.97 Å². The standard InChI is InChI=1S/C15H16N2O3S/c1-10(18)16-9-8-12(21-2)13-15(19)20-14(17-13)11-6-4-3-5-7-11/h3-7H,8-9H2,1-2H3,(H,16,18)/b13-12+. The molecule has 21 heavy (non-hydrogen) atoms. The zero-order valence-electron chi connectivity index (χ0n) is 11.9. The molecule has 1 aliphatic rings. The lowest BCUT2D eigenvalue weighted by atomic mass is 10.2. The highest BCUT2D eigenvalue weighted by Crippen LogP contribution is 2.27. The molecule has 5 nitrogen and oxygen atoms in total. The summed E-state index contributed by atoms with van der Waals surface area (Å²) in [6.07, 6.45) is 2.43. The maximum atomic E-state index is 12.0. The molecule has 2 rings (SSSR count). The number of benzene rings is 1. The Balaban J connectivity index is 2.20. The highest BCUT2D eigenvalue weighted by Gasteiger charge is 2.26. The SMILES string of the molecule is CS/C(CCNC(C)=O)=C1/N=C(c2ccccc2)OC1=O. The Hall–Kier alpha value is -2.08. The van der Waals surface area contributed by atoms with Crippen LogP contribution in [-0.2, 0) is 14.3 Å². The number of ether oxygens (including phenoxy) is 1. The maximum absolute atomic E-state index is 12.0. The number of amides is 1. The van der Waals surface area contributed by atoms with Gasteiger partial charge in [0.2, 0.25) is 11.8 Å². The van der Waals surface area contributed by atoms with Crippen molar-refractivity contribution in [3.63, 3.8) is 0 Å². The van der Waals surface area contributed by atoms with Crippen molar-refractivity contribution in [2.45, 2.75) is 13.3 Å². The summed E-state index contributed by atoms with van der Waals surface area (Å²) in [6, 6.07) is 9.29. The topological polar surface area (TPSA) is 67.8 Å². The molecule has 1 aliphatic heterocycles. The van der Waals surface area contributed by atoms with Gasteiger partial charge in [0.25, 0.3) is 0 Å². The Morgan fingerprint density at radius 1 is 1.33 bits per heavy atom. The van der Waals surface area contributed by atoms with Gasteiger partial charge >= 0.3 is 5.97 Å². The van der Waals surface area contributed by atoms with Crippen LogP contribution in [-0.4, -0.2) is 30.6 Å². The second-order valence-electron chi connectivity index (χ2n) is 4.38. The molecule has 0 unspecified atom stereocenters. The van der Waals surface area contributed by atoms with E-state index in [0.29, 0.717) is 24.6 Å². The van der Waals surface area contributed by atoms with Crippen molar-refractivity contribution in [3.05, 3.63) is 46.5 Å². The van der Waals surface area contributed by atoms with Crippen LogP contribution in [0.2, 0.25) is 0 Å². The van der Waals surface area contributed by atoms with Crippen LogP contribution < -0.4 is 5.32 Å². The molecule has 0 bridgehead atoms. The number of hydrogen-bond acceptors (Lipinski definition) is 5. The normalized spacial score (nSPS) is 16.3. The van der Waals surface area contributed by atoms with Crippen molar-refractivity contribution in [3.8, 4) is 0 Å². The molecule has 110 valence electrons. The van der Waals surface area contributed by atoms with Gasteiger partial charge in [0.15, 0.2) is 5.70 Å². The molecule has 1 amide bonds. The Morgan fingerprint density at radius 3 is 2.67 bits per heavy atom. The van der Waals surface area contributed by atoms with Gasteiger partial charge in [-0.25, -0.2) is 9.79 Å². The molecule has 0 aromatic heterocycles. The summed E-state index contributed by atoms with van der Waals surface area (Å²) in [5.41, 5.74) is 1.09. The van der Waals surface area contributed by atoms with Crippen LogP contribution in [0.3, 0.4) is 0 Å². The largest absolute Gasteiger partial charge is 0.402 e. The van der Waals surface area contributed by atoms with E-state index in [0.717, 1.165) is 10.5 Å². The van der Waals surface area contributed by atoms with Gasteiger partial charge in [-0.15, -0.1) is 11.8 Å². The predicted octanol–water partition coefficient (Wildman–Crippen LogP) is 2.09. The number of aliphatic imine (C=N–C) groups is 1. The lowest BCUT2D eigenvalue weighted by Crippen LogP contribution is -2.21. The van der Waals surface area contributed by atoms with Crippen LogP contribution in [0.15, 0.2) is 45.9 Å². The van der Waals surface area contributed by atoms with Gasteiger partial charge in [-0.3, -0.25) is 4.79 Å². The zero-order valence-corrected chi connectivity index (χ0v) is 12.7. The molecule has 0 aliphatic carbocycles. The van der Waals surface area contributed by atoms with Crippen LogP contribution in [0.5, 0.6) is 0 Å². The minimum Gasteiger partial charge on any atom is -0.402 e. The van der Waals surface area contributed by atoms with Gasteiger partial charge in [0.05, 0.1) is 0 Å². The van der Waals surface area contributed by atoms with Gasteiger partial charge in [-0.05, 0) is 24.8 Å². The van der Waals surface area contributed by atoms with Crippen molar-refractivity contribution in [1.29, 1.82) is 0 Å². The molecular weight excluding hydrogens is 288 g/mol. The van der Waals surface area contributed by atoms with Crippen molar-refractivity contribution in [2.75, 3.05) is 12.8 Å². The van der Waals surface area contributed by atoms with E-state index in [9.17, 15) is 9.59 Å². The van der Waals surface area contributed by atoms with E-state index in [1.807, 2.05) is 36.6 Å². The summed E-state index contributed by atoms with van der Waals surface area (Å²) >= 11 is 1.44. The number of hydrogen-bond donors (Lipinski definition) is 1. The fourth-order valence-corrected chi connectivity index (χ4v) is 2.48. The van der Waals surface area contributed by atoms with E-state index >= 15 is 0 Å². The molecule has 0 fully saturated rings. The first-order valence-corrected chi connectivity index (χ1v) is 7.72. The Bertz CT molecular complexity index is 609. The quantitative estimate of drug-likeness (QED) is 0.668. The molecule has 6 heteroatoms. The third kappa shape index (κ3) is 3.95. The Kier molecular flexibility index (Phi) is 5.16. The minimum atomic E-state index is -0.443. The van der Waals surface area contributed by atoms with Gasteiger partial charge in [0.1, 0.15) is 0 Å². The van der Waals surface area contributed by atoms with Crippen molar-refractivity contribution < 1.29 is 14.3 Å². The number of rotatable bonds is 5. The van der Waals surface area contributed by atoms with E-state index in [4.69, 9.17) is 4.74 Å². The van der Waals surface area contributed by atoms with Crippen LogP contribution in [0.4, 0.5) is 0 Å². The maximum Gasteiger partial charge on any atom is 0.364 e. The minimum absolute atomic E-state index is 0.0945. The highest BCUT2D eigenvalue weighted by atomic mass is 32.2. The lowest BCUT2D eigenvalue weighted by molar-refractivity contribution is -0.130. The van der Waals surface area contributed by atoms with Crippen LogP contribution >= 0.6 is 11.8 Å². The average molecular weight is 304 g/mol. The summed E-state index contributed by atoms with van der Waals surface area (Å²) in [5, 5.41) is 2.70. The molecule has 1 aromatic carbocycles. The summed E-state index contributed by atoms with van der Waals surface area (Å²) in [4.78, 5) is 27.9. The van der Waals surface area contributed by atoms with Crippen molar-refractivity contribution >= 4 is 29.5 Å². The number of carbonyl (C=O) groups excluding carboxylic acids is 2. The second kappa shape index (κ2) is 7.08. The van der Waals surface area contributed by atoms with E-state index in [1.165, 1.54) is 18.7 Å². The fraction of sp³-hybridized carbons (Fsp3) is 0.267. The summed E-state index contributed by atoms with van der Waals surface area (Å²) in [6.45, 7) is 1.93. The summed E-state index contributed by atoms with van der Waals surface area (Å²) in [5.74, 6) is -0.217. The van der Waals surface area contributed by atoms with Gasteiger partial charge in [0, 0.05) is 23.9 Å². The molecule has 1 N–H and O–H groups in total. The van der Waals surface area contributed by atoms with E-state index in [1.54, 1.807) is 0 Å². The number of esters is 1. The van der Waals surface area contributed by atoms with Crippen LogP contribution in [0.1, 0.15) is 18.9 Å². The number of thioether (sulfide) groups is 1. The lowest BCUT2D eigenvalue weighted by Gasteiger charge is -2.05. The summed E-state index contributed by atoms with van der Waals surface area (Å²) in [7, 11) is 0. The Morgan fingerprint density at radius 2 is 2.05 bits per heavy atom. The number of nitrogens with one attached hydrogen (secondary N) is 1. The monoisotopic (exact) mass is 304 g/mol. The molecule has 0 spiro atoms. The molecule has 1 heterocycles. The van der Waals surface area contributed by atoms with E-state index in [-0.39, 0.29) is 5.91 Å². The zero-order chi connectivity index (χ0) is 15.2. The highest BCUT2D eigenvalue weighted by molar-refractivity contribution is 8.02. The molecule has 0 saturated carbocycles. The van der Waals surface area contributed by atoms with Gasteiger partial charge < -0.3 is 10.1 Å². The average Bonchev–Trinajstić information content (AvgIpc) is 2.86. The molecular formula is C15H16N2O3S. The van der Waals surface area contributed by atoms with Crippen molar-refractivity contribution in [2.24, 2.45) is 4.99 Å². The first-order chi connectivity index (χ1) is 10.1. The smallest absolute Gasteiger partial charge is 0.364 e. The van der Waals surface area contributed by atoms with Crippen molar-refractivity contribution in [1.82, 2.24) is 5.32 Å².